The number of benzene rings is 2. The van der Waals surface area contributed by atoms with Crippen molar-refractivity contribution in [2.75, 3.05) is 7.05 Å². The Kier molecular flexibility index (Phi) is 5.77. The van der Waals surface area contributed by atoms with Crippen molar-refractivity contribution in [2.45, 2.75) is 12.7 Å². The predicted octanol–water partition coefficient (Wildman–Crippen LogP) is 5.65. The fourth-order valence-electron chi connectivity index (χ4n) is 2.61. The van der Waals surface area contributed by atoms with Gasteiger partial charge in [0.25, 0.3) is 5.91 Å². The second-order valence-corrected chi connectivity index (χ2v) is 7.04. The molecule has 29 heavy (non-hydrogen) atoms. The summed E-state index contributed by atoms with van der Waals surface area (Å²) >= 11 is 11.7. The van der Waals surface area contributed by atoms with Crippen LogP contribution in [0.4, 0.5) is 13.2 Å². The summed E-state index contributed by atoms with van der Waals surface area (Å²) in [7, 11) is 1.44. The minimum atomic E-state index is -4.47. The second-order valence-electron chi connectivity index (χ2n) is 6.22. The van der Waals surface area contributed by atoms with Crippen LogP contribution in [0.15, 0.2) is 47.0 Å². The second kappa shape index (κ2) is 7.96. The van der Waals surface area contributed by atoms with Crippen LogP contribution in [-0.2, 0) is 12.7 Å². The maximum Gasteiger partial charge on any atom is 0.416 e. The lowest BCUT2D eigenvalue weighted by Crippen LogP contribution is -2.26. The summed E-state index contributed by atoms with van der Waals surface area (Å²) in [5.74, 6) is -0.647. The molecular weight excluding hydrogens is 432 g/mol. The Hall–Kier alpha value is -2.71. The molecule has 0 radical (unpaired) electrons. The molecule has 0 spiro atoms. The third-order valence-electron chi connectivity index (χ3n) is 4.05. The molecule has 1 aromatic heterocycles. The number of carbonyl (C=O) groups is 1. The van der Waals surface area contributed by atoms with Gasteiger partial charge in [0.2, 0.25) is 0 Å². The Labute approximate surface area is 173 Å². The Bertz CT molecular complexity index is 1040. The molecule has 0 saturated carbocycles. The largest absolute Gasteiger partial charge is 0.505 e. The van der Waals surface area contributed by atoms with Crippen molar-refractivity contribution in [2.24, 2.45) is 0 Å². The Morgan fingerprint density at radius 3 is 2.45 bits per heavy atom. The van der Waals surface area contributed by atoms with E-state index in [1.807, 2.05) is 0 Å². The molecule has 0 aliphatic rings. The van der Waals surface area contributed by atoms with Gasteiger partial charge in [0, 0.05) is 25.2 Å². The van der Waals surface area contributed by atoms with Crippen molar-refractivity contribution in [3.63, 3.8) is 0 Å². The van der Waals surface area contributed by atoms with Crippen molar-refractivity contribution in [3.8, 4) is 17.1 Å². The van der Waals surface area contributed by atoms with Gasteiger partial charge in [-0.3, -0.25) is 4.79 Å². The zero-order valence-electron chi connectivity index (χ0n) is 14.8. The van der Waals surface area contributed by atoms with Crippen LogP contribution in [0.2, 0.25) is 10.0 Å². The quantitative estimate of drug-likeness (QED) is 0.564. The van der Waals surface area contributed by atoms with Crippen molar-refractivity contribution in [1.82, 2.24) is 10.1 Å². The first-order valence-electron chi connectivity index (χ1n) is 8.13. The van der Waals surface area contributed by atoms with E-state index >= 15 is 0 Å². The number of phenols is 1. The number of amides is 1. The smallest absolute Gasteiger partial charge is 0.416 e. The molecule has 0 aliphatic heterocycles. The fourth-order valence-corrected chi connectivity index (χ4v) is 3.09. The highest BCUT2D eigenvalue weighted by atomic mass is 35.5. The van der Waals surface area contributed by atoms with Gasteiger partial charge in [-0.25, -0.2) is 0 Å². The molecule has 3 aromatic rings. The third kappa shape index (κ3) is 4.65. The molecule has 1 heterocycles. The molecule has 0 aliphatic carbocycles. The van der Waals surface area contributed by atoms with Gasteiger partial charge < -0.3 is 14.5 Å². The van der Waals surface area contributed by atoms with Gasteiger partial charge in [-0.05, 0) is 29.8 Å². The summed E-state index contributed by atoms with van der Waals surface area (Å²) in [5, 5.41) is 13.3. The van der Waals surface area contributed by atoms with Crippen molar-refractivity contribution in [3.05, 3.63) is 69.3 Å². The van der Waals surface area contributed by atoms with Gasteiger partial charge in [-0.15, -0.1) is 0 Å². The minimum absolute atomic E-state index is 0.00144. The molecule has 2 aromatic carbocycles. The molecule has 0 atom stereocenters. The number of aromatic hydroxyl groups is 1. The van der Waals surface area contributed by atoms with Crippen LogP contribution in [-0.4, -0.2) is 28.1 Å². The average Bonchev–Trinajstić information content (AvgIpc) is 3.14. The number of hydrogen-bond donors (Lipinski definition) is 1. The standard InChI is InChI=1S/C19H13Cl2F3N2O3/c1-26(9-10-3-2-4-12(5-10)19(22,23)24)18(28)15-8-16(29-25-15)11-6-13(20)17(27)14(21)7-11/h2-8,27H,9H2,1H3. The number of halogens is 5. The van der Waals surface area contributed by atoms with Gasteiger partial charge in [-0.1, -0.05) is 40.5 Å². The normalized spacial score (nSPS) is 11.5. The molecule has 3 rings (SSSR count). The highest BCUT2D eigenvalue weighted by Crippen LogP contribution is 2.36. The molecule has 10 heteroatoms. The predicted molar refractivity (Wildman–Crippen MR) is 101 cm³/mol. The molecule has 5 nitrogen and oxygen atoms in total. The topological polar surface area (TPSA) is 66.6 Å². The molecule has 0 saturated heterocycles. The van der Waals surface area contributed by atoms with Crippen molar-refractivity contribution in [1.29, 1.82) is 0 Å². The fraction of sp³-hybridized carbons (Fsp3) is 0.158. The van der Waals surface area contributed by atoms with Crippen molar-refractivity contribution >= 4 is 29.1 Å². The van der Waals surface area contributed by atoms with E-state index in [9.17, 15) is 23.1 Å². The molecule has 1 N–H and O–H groups in total. The lowest BCUT2D eigenvalue weighted by atomic mass is 10.1. The van der Waals surface area contributed by atoms with Gasteiger partial charge in [0.05, 0.1) is 15.6 Å². The molecule has 1 amide bonds. The number of aromatic nitrogens is 1. The number of alkyl halides is 3. The van der Waals surface area contributed by atoms with E-state index in [0.29, 0.717) is 11.1 Å². The number of nitrogens with zero attached hydrogens (tertiary/aromatic N) is 2. The van der Waals surface area contributed by atoms with E-state index in [1.165, 1.54) is 42.3 Å². The summed E-state index contributed by atoms with van der Waals surface area (Å²) in [4.78, 5) is 13.8. The number of rotatable bonds is 4. The van der Waals surface area contributed by atoms with Crippen LogP contribution in [0, 0.1) is 0 Å². The van der Waals surface area contributed by atoms with Crippen LogP contribution < -0.4 is 0 Å². The van der Waals surface area contributed by atoms with E-state index in [1.54, 1.807) is 0 Å². The van der Waals surface area contributed by atoms with Crippen LogP contribution in [0.1, 0.15) is 21.6 Å². The Morgan fingerprint density at radius 1 is 1.17 bits per heavy atom. The van der Waals surface area contributed by atoms with Crippen LogP contribution in [0.5, 0.6) is 5.75 Å². The van der Waals surface area contributed by atoms with Gasteiger partial charge >= 0.3 is 6.18 Å². The summed E-state index contributed by atoms with van der Waals surface area (Å²) < 4.78 is 43.7. The lowest BCUT2D eigenvalue weighted by Gasteiger charge is -2.16. The Morgan fingerprint density at radius 2 is 1.83 bits per heavy atom. The average molecular weight is 445 g/mol. The maximum atomic E-state index is 12.8. The highest BCUT2D eigenvalue weighted by molar-refractivity contribution is 6.37. The highest BCUT2D eigenvalue weighted by Gasteiger charge is 2.30. The van der Waals surface area contributed by atoms with Crippen molar-refractivity contribution < 1.29 is 27.6 Å². The van der Waals surface area contributed by atoms with Gasteiger partial charge in [-0.2, -0.15) is 13.2 Å². The lowest BCUT2D eigenvalue weighted by molar-refractivity contribution is -0.137. The summed E-state index contributed by atoms with van der Waals surface area (Å²) in [6.45, 7) is -0.0538. The first-order chi connectivity index (χ1) is 13.6. The van der Waals surface area contributed by atoms with E-state index < -0.39 is 17.6 Å². The van der Waals surface area contributed by atoms with E-state index in [-0.39, 0.29) is 33.8 Å². The summed E-state index contributed by atoms with van der Waals surface area (Å²) in [6.07, 6.45) is -4.47. The minimum Gasteiger partial charge on any atom is -0.505 e. The van der Waals surface area contributed by atoms with Crippen LogP contribution in [0.3, 0.4) is 0 Å². The third-order valence-corrected chi connectivity index (χ3v) is 4.63. The first kappa shape index (κ1) is 21.0. The maximum absolute atomic E-state index is 12.8. The van der Waals surface area contributed by atoms with E-state index in [2.05, 4.69) is 5.16 Å². The monoisotopic (exact) mass is 444 g/mol. The van der Waals surface area contributed by atoms with Crippen LogP contribution in [0.25, 0.3) is 11.3 Å². The molecular formula is C19H13Cl2F3N2O3. The first-order valence-corrected chi connectivity index (χ1v) is 8.88. The number of carbonyl (C=O) groups excluding carboxylic acids is 1. The summed E-state index contributed by atoms with van der Waals surface area (Å²) in [5.41, 5.74) is -0.128. The number of phenolic OH excluding ortho intramolecular Hbond substituents is 1. The SMILES string of the molecule is CN(Cc1cccc(C(F)(F)F)c1)C(=O)c1cc(-c2cc(Cl)c(O)c(Cl)c2)on1. The summed E-state index contributed by atoms with van der Waals surface area (Å²) in [6, 6.07) is 8.86. The van der Waals surface area contributed by atoms with E-state index in [4.69, 9.17) is 27.7 Å². The van der Waals surface area contributed by atoms with Crippen LogP contribution >= 0.6 is 23.2 Å². The zero-order chi connectivity index (χ0) is 21.3. The van der Waals surface area contributed by atoms with Gasteiger partial charge in [0.1, 0.15) is 0 Å². The molecule has 0 fully saturated rings. The van der Waals surface area contributed by atoms with Gasteiger partial charge in [0.15, 0.2) is 17.2 Å². The number of hydrogen-bond acceptors (Lipinski definition) is 4. The Balaban J connectivity index is 1.78. The van der Waals surface area contributed by atoms with E-state index in [0.717, 1.165) is 12.1 Å². The molecule has 152 valence electrons. The molecule has 0 unspecified atom stereocenters. The molecule has 0 bridgehead atoms. The zero-order valence-corrected chi connectivity index (χ0v) is 16.3.